The van der Waals surface area contributed by atoms with E-state index in [2.05, 4.69) is 12.2 Å². The Balaban J connectivity index is 1.67. The van der Waals surface area contributed by atoms with Crippen LogP contribution in [0.3, 0.4) is 0 Å². The number of allylic oxidation sites excluding steroid dienone is 2. The minimum Gasteiger partial charge on any atom is -0.481 e. The Morgan fingerprint density at radius 2 is 1.81 bits per heavy atom. The number of methoxy groups -OCH3 is 1. The molecule has 1 aromatic heterocycles. The van der Waals surface area contributed by atoms with Gasteiger partial charge in [-0.1, -0.05) is 24.5 Å². The molecular formula is C24H31NO5S. The van der Waals surface area contributed by atoms with Gasteiger partial charge in [-0.05, 0) is 69.3 Å². The Morgan fingerprint density at radius 1 is 1.13 bits per heavy atom. The molecule has 1 aromatic rings. The molecule has 3 aliphatic carbocycles. The number of amides is 1. The molecule has 3 aliphatic rings. The van der Waals surface area contributed by atoms with Gasteiger partial charge in [-0.2, -0.15) is 0 Å². The van der Waals surface area contributed by atoms with Crippen molar-refractivity contribution in [2.24, 2.45) is 29.6 Å². The van der Waals surface area contributed by atoms with E-state index in [0.29, 0.717) is 16.5 Å². The number of rotatable bonds is 5. The molecule has 5 atom stereocenters. The van der Waals surface area contributed by atoms with Gasteiger partial charge in [-0.15, -0.1) is 11.3 Å². The van der Waals surface area contributed by atoms with E-state index >= 15 is 0 Å². The summed E-state index contributed by atoms with van der Waals surface area (Å²) in [6.45, 7) is 6.19. The van der Waals surface area contributed by atoms with Crippen molar-refractivity contribution in [2.75, 3.05) is 12.4 Å². The first-order chi connectivity index (χ1) is 14.8. The first-order valence-electron chi connectivity index (χ1n) is 11.2. The fourth-order valence-electron chi connectivity index (χ4n) is 6.21. The molecule has 2 bridgehead atoms. The number of carbonyl (C=O) groups is 3. The third-order valence-corrected chi connectivity index (χ3v) is 8.75. The van der Waals surface area contributed by atoms with Crippen LogP contribution in [0, 0.1) is 29.6 Å². The average molecular weight is 446 g/mol. The largest absolute Gasteiger partial charge is 0.481 e. The first-order valence-corrected chi connectivity index (χ1v) is 12.0. The second-order valence-electron chi connectivity index (χ2n) is 9.34. The summed E-state index contributed by atoms with van der Waals surface area (Å²) in [6.07, 6.45) is 5.49. The Hall–Kier alpha value is -2.15. The van der Waals surface area contributed by atoms with Crippen molar-refractivity contribution in [3.05, 3.63) is 27.2 Å². The monoisotopic (exact) mass is 445 g/mol. The molecule has 0 spiro atoms. The van der Waals surface area contributed by atoms with Crippen LogP contribution in [0.5, 0.6) is 0 Å². The molecular weight excluding hydrogens is 414 g/mol. The summed E-state index contributed by atoms with van der Waals surface area (Å²) in [5.41, 5.74) is 3.73. The van der Waals surface area contributed by atoms with Gasteiger partial charge in [0.1, 0.15) is 5.00 Å². The van der Waals surface area contributed by atoms with Crippen molar-refractivity contribution in [1.29, 1.82) is 0 Å². The number of fused-ring (bicyclic) bond motifs is 3. The molecule has 168 valence electrons. The van der Waals surface area contributed by atoms with E-state index in [1.165, 1.54) is 18.4 Å². The molecule has 0 saturated heterocycles. The highest BCUT2D eigenvalue weighted by Crippen LogP contribution is 2.57. The molecule has 2 fully saturated rings. The number of aliphatic carboxylic acids is 1. The van der Waals surface area contributed by atoms with Gasteiger partial charge in [0.25, 0.3) is 0 Å². The van der Waals surface area contributed by atoms with Crippen LogP contribution in [0.4, 0.5) is 5.00 Å². The lowest BCUT2D eigenvalue weighted by Crippen LogP contribution is -2.38. The Labute approximate surface area is 187 Å². The summed E-state index contributed by atoms with van der Waals surface area (Å²) in [7, 11) is 1.35. The zero-order valence-corrected chi connectivity index (χ0v) is 19.4. The van der Waals surface area contributed by atoms with Gasteiger partial charge in [-0.3, -0.25) is 9.59 Å². The zero-order chi connectivity index (χ0) is 22.4. The highest BCUT2D eigenvalue weighted by Gasteiger charge is 2.57. The summed E-state index contributed by atoms with van der Waals surface area (Å²) < 4.78 is 5.03. The van der Waals surface area contributed by atoms with Gasteiger partial charge in [0.05, 0.1) is 24.5 Å². The second-order valence-corrected chi connectivity index (χ2v) is 10.4. The standard InChI is InChI=1S/C24H31NO5S/c1-5-12-6-7-13-16(10-12)31-22(20(13)24(29)30-4)25-21(26)18-14-8-9-15(17(14)11(2)3)19(18)23(27)28/h12,14-15,18-19H,5-10H2,1-4H3,(H,25,26)(H,27,28)/t12-,14+,15+,18+,19+/m1/s1. The maximum absolute atomic E-state index is 13.4. The molecule has 2 saturated carbocycles. The van der Waals surface area contributed by atoms with E-state index in [-0.39, 0.29) is 17.7 Å². The number of ether oxygens (including phenoxy) is 1. The van der Waals surface area contributed by atoms with E-state index in [1.54, 1.807) is 0 Å². The van der Waals surface area contributed by atoms with Crippen molar-refractivity contribution in [3.63, 3.8) is 0 Å². The van der Waals surface area contributed by atoms with Crippen molar-refractivity contribution in [3.8, 4) is 0 Å². The maximum Gasteiger partial charge on any atom is 0.341 e. The van der Waals surface area contributed by atoms with Crippen molar-refractivity contribution in [1.82, 2.24) is 0 Å². The Bertz CT molecular complexity index is 957. The number of carbonyl (C=O) groups excluding carboxylic acids is 2. The lowest BCUT2D eigenvalue weighted by molar-refractivity contribution is -0.148. The summed E-state index contributed by atoms with van der Waals surface area (Å²) in [5.74, 6) is -2.44. The van der Waals surface area contributed by atoms with Gasteiger partial charge in [-0.25, -0.2) is 4.79 Å². The summed E-state index contributed by atoms with van der Waals surface area (Å²) in [5, 5.41) is 13.4. The smallest absolute Gasteiger partial charge is 0.341 e. The van der Waals surface area contributed by atoms with E-state index in [1.807, 2.05) is 13.8 Å². The molecule has 4 rings (SSSR count). The van der Waals surface area contributed by atoms with Gasteiger partial charge >= 0.3 is 11.9 Å². The number of carboxylic acids is 1. The van der Waals surface area contributed by atoms with Crippen LogP contribution in [0.15, 0.2) is 11.1 Å². The molecule has 0 aliphatic heterocycles. The molecule has 0 radical (unpaired) electrons. The lowest BCUT2D eigenvalue weighted by Gasteiger charge is -2.26. The predicted molar refractivity (Wildman–Crippen MR) is 119 cm³/mol. The van der Waals surface area contributed by atoms with E-state index in [9.17, 15) is 19.5 Å². The van der Waals surface area contributed by atoms with Gasteiger partial charge in [0.2, 0.25) is 5.91 Å². The average Bonchev–Trinajstić information content (AvgIpc) is 3.41. The molecule has 2 N–H and O–H groups in total. The molecule has 7 heteroatoms. The van der Waals surface area contributed by atoms with Crippen LogP contribution in [-0.4, -0.2) is 30.1 Å². The third kappa shape index (κ3) is 3.60. The van der Waals surface area contributed by atoms with Crippen molar-refractivity contribution < 1.29 is 24.2 Å². The Kier molecular flexibility index (Phi) is 5.99. The quantitative estimate of drug-likeness (QED) is 0.507. The van der Waals surface area contributed by atoms with Crippen molar-refractivity contribution in [2.45, 2.75) is 59.3 Å². The van der Waals surface area contributed by atoms with Gasteiger partial charge in [0, 0.05) is 4.88 Å². The van der Waals surface area contributed by atoms with Crippen LogP contribution in [-0.2, 0) is 27.2 Å². The summed E-state index contributed by atoms with van der Waals surface area (Å²) in [4.78, 5) is 39.3. The minimum absolute atomic E-state index is 0.0308. The SMILES string of the molecule is CC[C@@H]1CCc2c(sc(NC(=O)[C@@H]3[C@@H](C(=O)O)[C@H]4CC[C@H]3C4=C(C)C)c2C(=O)OC)C1. The zero-order valence-electron chi connectivity index (χ0n) is 18.6. The first kappa shape index (κ1) is 22.1. The second kappa shape index (κ2) is 8.41. The van der Waals surface area contributed by atoms with Crippen LogP contribution in [0.2, 0.25) is 0 Å². The summed E-state index contributed by atoms with van der Waals surface area (Å²) in [6, 6.07) is 0. The van der Waals surface area contributed by atoms with E-state index < -0.39 is 23.8 Å². The number of anilines is 1. The number of hydrogen-bond donors (Lipinski definition) is 2. The number of esters is 1. The maximum atomic E-state index is 13.4. The van der Waals surface area contributed by atoms with Crippen LogP contribution < -0.4 is 5.32 Å². The topological polar surface area (TPSA) is 92.7 Å². The number of hydrogen-bond acceptors (Lipinski definition) is 5. The minimum atomic E-state index is -0.907. The molecule has 31 heavy (non-hydrogen) atoms. The predicted octanol–water partition coefficient (Wildman–Crippen LogP) is 4.68. The molecule has 0 unspecified atom stereocenters. The van der Waals surface area contributed by atoms with Crippen LogP contribution in [0.1, 0.15) is 67.3 Å². The Morgan fingerprint density at radius 3 is 2.39 bits per heavy atom. The molecule has 0 aromatic carbocycles. The fraction of sp³-hybridized carbons (Fsp3) is 0.625. The van der Waals surface area contributed by atoms with Gasteiger partial charge < -0.3 is 15.2 Å². The summed E-state index contributed by atoms with van der Waals surface area (Å²) >= 11 is 1.46. The van der Waals surface area contributed by atoms with E-state index in [4.69, 9.17) is 4.74 Å². The molecule has 1 amide bonds. The highest BCUT2D eigenvalue weighted by atomic mass is 32.1. The fourth-order valence-corrected chi connectivity index (χ4v) is 7.56. The normalized spacial score (nSPS) is 28.9. The van der Waals surface area contributed by atoms with Crippen molar-refractivity contribution >= 4 is 34.2 Å². The molecule has 6 nitrogen and oxygen atoms in total. The third-order valence-electron chi connectivity index (χ3n) is 7.58. The van der Waals surface area contributed by atoms with Crippen LogP contribution in [0.25, 0.3) is 0 Å². The molecule has 1 heterocycles. The van der Waals surface area contributed by atoms with Gasteiger partial charge in [0.15, 0.2) is 0 Å². The highest BCUT2D eigenvalue weighted by molar-refractivity contribution is 7.17. The van der Waals surface area contributed by atoms with E-state index in [0.717, 1.165) is 60.1 Å². The number of nitrogens with one attached hydrogen (secondary N) is 1. The number of carboxylic acid groups (broad SMARTS) is 1. The van der Waals surface area contributed by atoms with Crippen LogP contribution >= 0.6 is 11.3 Å². The lowest BCUT2D eigenvalue weighted by atomic mass is 9.78. The number of thiophene rings is 1.